The molecule has 2 rings (SSSR count). The number of benzene rings is 1. The van der Waals surface area contributed by atoms with Gasteiger partial charge in [-0.3, -0.25) is 9.59 Å². The molecule has 114 valence electrons. The van der Waals surface area contributed by atoms with E-state index in [1.54, 1.807) is 6.07 Å². The first-order valence-electron chi connectivity index (χ1n) is 6.92. The Hall–Kier alpha value is -2.24. The van der Waals surface area contributed by atoms with Crippen molar-refractivity contribution in [2.75, 3.05) is 6.61 Å². The average molecular weight is 293 g/mol. The zero-order valence-corrected chi connectivity index (χ0v) is 12.1. The molecule has 0 radical (unpaired) electrons. The molecular formula is C15H19NO5. The smallest absolute Gasteiger partial charge is 0.305 e. The number of fused-ring (bicyclic) bond motifs is 1. The van der Waals surface area contributed by atoms with E-state index in [-0.39, 0.29) is 12.5 Å². The molecular weight excluding hydrogens is 274 g/mol. The van der Waals surface area contributed by atoms with Crippen LogP contribution in [0.25, 0.3) is 0 Å². The molecule has 1 aromatic carbocycles. The van der Waals surface area contributed by atoms with Gasteiger partial charge in [-0.1, -0.05) is 0 Å². The van der Waals surface area contributed by atoms with Crippen LogP contribution in [0.1, 0.15) is 37.4 Å². The van der Waals surface area contributed by atoms with E-state index in [9.17, 15) is 9.59 Å². The molecule has 0 bridgehead atoms. The fourth-order valence-corrected chi connectivity index (χ4v) is 2.52. The lowest BCUT2D eigenvalue weighted by molar-refractivity contribution is -0.137. The van der Waals surface area contributed by atoms with Crippen LogP contribution in [0.3, 0.4) is 0 Å². The highest BCUT2D eigenvalue weighted by molar-refractivity contribution is 5.69. The minimum absolute atomic E-state index is 0.0849. The van der Waals surface area contributed by atoms with Crippen LogP contribution in [0.2, 0.25) is 0 Å². The number of ether oxygens (including phenoxy) is 2. The molecule has 0 aliphatic carbocycles. The second-order valence-corrected chi connectivity index (χ2v) is 5.00. The van der Waals surface area contributed by atoms with E-state index in [0.29, 0.717) is 24.3 Å². The zero-order chi connectivity index (χ0) is 15.4. The van der Waals surface area contributed by atoms with Gasteiger partial charge in [-0.2, -0.15) is 0 Å². The Labute approximate surface area is 123 Å². The summed E-state index contributed by atoms with van der Waals surface area (Å²) >= 11 is 0. The van der Waals surface area contributed by atoms with Crippen molar-refractivity contribution in [3.8, 4) is 11.5 Å². The predicted octanol–water partition coefficient (Wildman–Crippen LogP) is 1.67. The Kier molecular flexibility index (Phi) is 4.67. The molecule has 1 aliphatic heterocycles. The van der Waals surface area contributed by atoms with Crippen LogP contribution in [-0.4, -0.2) is 30.2 Å². The SMILES string of the molecule is CCOc1cc2c(cc1[C@H](CC(=O)O)NC=O)OC(C)C2. The first-order chi connectivity index (χ1) is 10.0. The maximum atomic E-state index is 11.0. The normalized spacial score (nSPS) is 17.5. The topological polar surface area (TPSA) is 84.9 Å². The highest BCUT2D eigenvalue weighted by Gasteiger charge is 2.26. The van der Waals surface area contributed by atoms with E-state index in [1.165, 1.54) is 0 Å². The maximum absolute atomic E-state index is 11.0. The predicted molar refractivity (Wildman–Crippen MR) is 75.6 cm³/mol. The number of carboxylic acids is 1. The van der Waals surface area contributed by atoms with E-state index in [1.807, 2.05) is 19.9 Å². The summed E-state index contributed by atoms with van der Waals surface area (Å²) in [5.74, 6) is 0.324. The van der Waals surface area contributed by atoms with E-state index in [2.05, 4.69) is 5.32 Å². The number of aliphatic carboxylic acids is 1. The van der Waals surface area contributed by atoms with Crippen LogP contribution in [0.15, 0.2) is 12.1 Å². The zero-order valence-electron chi connectivity index (χ0n) is 12.1. The highest BCUT2D eigenvalue weighted by atomic mass is 16.5. The van der Waals surface area contributed by atoms with E-state index < -0.39 is 12.0 Å². The standard InChI is InChI=1S/C15H19NO5/c1-3-20-14-5-10-4-9(2)21-13(10)6-11(14)12(16-8-17)7-15(18)19/h5-6,8-9,12H,3-4,7H2,1-2H3,(H,16,17)(H,18,19)/t9?,12-/m0/s1. The molecule has 0 aromatic heterocycles. The Morgan fingerprint density at radius 2 is 2.38 bits per heavy atom. The van der Waals surface area contributed by atoms with Crippen LogP contribution in [0.4, 0.5) is 0 Å². The van der Waals surface area contributed by atoms with Crippen LogP contribution in [0, 0.1) is 0 Å². The summed E-state index contributed by atoms with van der Waals surface area (Å²) in [6, 6.07) is 3.00. The summed E-state index contributed by atoms with van der Waals surface area (Å²) in [6.45, 7) is 4.29. The molecule has 1 aliphatic rings. The molecule has 6 nitrogen and oxygen atoms in total. The Morgan fingerprint density at radius 1 is 1.62 bits per heavy atom. The lowest BCUT2D eigenvalue weighted by Crippen LogP contribution is -2.23. The van der Waals surface area contributed by atoms with Gasteiger partial charge < -0.3 is 19.9 Å². The Bertz CT molecular complexity index is 543. The van der Waals surface area contributed by atoms with Gasteiger partial charge in [0.05, 0.1) is 19.1 Å². The molecule has 21 heavy (non-hydrogen) atoms. The van der Waals surface area contributed by atoms with Gasteiger partial charge in [0, 0.05) is 17.5 Å². The number of carboxylic acid groups (broad SMARTS) is 1. The number of hydrogen-bond donors (Lipinski definition) is 2. The molecule has 2 N–H and O–H groups in total. The van der Waals surface area contributed by atoms with Crippen LogP contribution in [0.5, 0.6) is 11.5 Å². The molecule has 1 amide bonds. The van der Waals surface area contributed by atoms with E-state index >= 15 is 0 Å². The van der Waals surface area contributed by atoms with Gasteiger partial charge in [-0.05, 0) is 26.0 Å². The molecule has 0 fully saturated rings. The van der Waals surface area contributed by atoms with Crippen molar-refractivity contribution >= 4 is 12.4 Å². The minimum atomic E-state index is -0.994. The molecule has 0 spiro atoms. The largest absolute Gasteiger partial charge is 0.494 e. The second kappa shape index (κ2) is 6.47. The van der Waals surface area contributed by atoms with Crippen molar-refractivity contribution in [2.24, 2.45) is 0 Å². The second-order valence-electron chi connectivity index (χ2n) is 5.00. The third kappa shape index (κ3) is 3.45. The van der Waals surface area contributed by atoms with Gasteiger partial charge in [0.1, 0.15) is 17.6 Å². The molecule has 6 heteroatoms. The third-order valence-corrected chi connectivity index (χ3v) is 3.35. The molecule has 0 saturated heterocycles. The number of carbonyl (C=O) groups excluding carboxylic acids is 1. The van der Waals surface area contributed by atoms with Crippen molar-refractivity contribution < 1.29 is 24.2 Å². The number of amides is 1. The van der Waals surface area contributed by atoms with Crippen LogP contribution in [-0.2, 0) is 16.0 Å². The van der Waals surface area contributed by atoms with E-state index in [0.717, 1.165) is 17.7 Å². The lowest BCUT2D eigenvalue weighted by atomic mass is 9.99. The number of nitrogens with one attached hydrogen (secondary N) is 1. The van der Waals surface area contributed by atoms with Crippen molar-refractivity contribution in [1.82, 2.24) is 5.32 Å². The summed E-state index contributed by atoms with van der Waals surface area (Å²) in [5.41, 5.74) is 1.66. The van der Waals surface area contributed by atoms with Gasteiger partial charge in [0.2, 0.25) is 6.41 Å². The summed E-state index contributed by atoms with van der Waals surface area (Å²) in [4.78, 5) is 21.7. The molecule has 2 atom stereocenters. The van der Waals surface area contributed by atoms with Gasteiger partial charge >= 0.3 is 5.97 Å². The number of rotatable bonds is 7. The Morgan fingerprint density at radius 3 is 3.00 bits per heavy atom. The average Bonchev–Trinajstić information content (AvgIpc) is 2.76. The van der Waals surface area contributed by atoms with E-state index in [4.69, 9.17) is 14.6 Å². The first kappa shape index (κ1) is 15.2. The van der Waals surface area contributed by atoms with Crippen molar-refractivity contribution in [3.63, 3.8) is 0 Å². The van der Waals surface area contributed by atoms with Crippen LogP contribution < -0.4 is 14.8 Å². The fourth-order valence-electron chi connectivity index (χ4n) is 2.52. The quantitative estimate of drug-likeness (QED) is 0.747. The number of hydrogen-bond acceptors (Lipinski definition) is 4. The summed E-state index contributed by atoms with van der Waals surface area (Å²) in [6.07, 6.45) is 1.16. The molecule has 1 unspecified atom stereocenters. The minimum Gasteiger partial charge on any atom is -0.494 e. The highest BCUT2D eigenvalue weighted by Crippen LogP contribution is 2.38. The lowest BCUT2D eigenvalue weighted by Gasteiger charge is -2.19. The van der Waals surface area contributed by atoms with Gasteiger partial charge in [0.15, 0.2) is 0 Å². The van der Waals surface area contributed by atoms with Crippen LogP contribution >= 0.6 is 0 Å². The number of carbonyl (C=O) groups is 2. The molecule has 1 heterocycles. The fraction of sp³-hybridized carbons (Fsp3) is 0.467. The summed E-state index contributed by atoms with van der Waals surface area (Å²) < 4.78 is 11.3. The van der Waals surface area contributed by atoms with Crippen molar-refractivity contribution in [2.45, 2.75) is 38.8 Å². The third-order valence-electron chi connectivity index (χ3n) is 3.35. The maximum Gasteiger partial charge on any atom is 0.305 e. The van der Waals surface area contributed by atoms with Crippen molar-refractivity contribution in [3.05, 3.63) is 23.3 Å². The van der Waals surface area contributed by atoms with Crippen molar-refractivity contribution in [1.29, 1.82) is 0 Å². The van der Waals surface area contributed by atoms with Gasteiger partial charge in [-0.15, -0.1) is 0 Å². The van der Waals surface area contributed by atoms with Gasteiger partial charge in [0.25, 0.3) is 0 Å². The summed E-state index contributed by atoms with van der Waals surface area (Å²) in [5, 5.41) is 11.5. The Balaban J connectivity index is 2.41. The molecule has 1 aromatic rings. The monoisotopic (exact) mass is 293 g/mol. The first-order valence-corrected chi connectivity index (χ1v) is 6.92. The summed E-state index contributed by atoms with van der Waals surface area (Å²) in [7, 11) is 0. The van der Waals surface area contributed by atoms with Gasteiger partial charge in [-0.25, -0.2) is 0 Å². The molecule has 0 saturated carbocycles.